The molecule has 0 bridgehead atoms. The van der Waals surface area contributed by atoms with Gasteiger partial charge in [0.2, 0.25) is 0 Å². The van der Waals surface area contributed by atoms with E-state index in [9.17, 15) is 4.57 Å². The molecular formula is C11H17O4P. The molecule has 0 atom stereocenters. The third-order valence-corrected chi connectivity index (χ3v) is 2.71. The van der Waals surface area contributed by atoms with E-state index in [0.717, 1.165) is 5.56 Å². The number of phosphoric ester groups is 1. The lowest BCUT2D eigenvalue weighted by atomic mass is 9.86. The number of hydrogen-bond donors (Lipinski definition) is 2. The summed E-state index contributed by atoms with van der Waals surface area (Å²) < 4.78 is 15.4. The maximum Gasteiger partial charge on any atom is 0.524 e. The Hall–Kier alpha value is -0.830. The summed E-state index contributed by atoms with van der Waals surface area (Å²) in [5.74, 6) is 0.237. The van der Waals surface area contributed by atoms with Crippen LogP contribution >= 0.6 is 7.82 Å². The summed E-state index contributed by atoms with van der Waals surface area (Å²) in [5.41, 5.74) is 1.60. The second kappa shape index (κ2) is 4.21. The molecular weight excluding hydrogens is 227 g/mol. The van der Waals surface area contributed by atoms with Crippen molar-refractivity contribution in [2.24, 2.45) is 0 Å². The molecule has 0 aliphatic rings. The average Bonchev–Trinajstić information content (AvgIpc) is 2.04. The first-order valence-electron chi connectivity index (χ1n) is 4.96. The summed E-state index contributed by atoms with van der Waals surface area (Å²) in [6.45, 7) is 7.83. The molecule has 4 nitrogen and oxygen atoms in total. The summed E-state index contributed by atoms with van der Waals surface area (Å²) >= 11 is 0. The summed E-state index contributed by atoms with van der Waals surface area (Å²) in [7, 11) is -4.49. The third-order valence-electron chi connectivity index (χ3n) is 2.27. The molecule has 90 valence electrons. The van der Waals surface area contributed by atoms with Crippen molar-refractivity contribution in [2.75, 3.05) is 0 Å². The van der Waals surface area contributed by atoms with E-state index < -0.39 is 7.82 Å². The van der Waals surface area contributed by atoms with Gasteiger partial charge in [0.1, 0.15) is 5.75 Å². The van der Waals surface area contributed by atoms with Crippen molar-refractivity contribution in [1.82, 2.24) is 0 Å². The van der Waals surface area contributed by atoms with Gasteiger partial charge >= 0.3 is 7.82 Å². The molecule has 0 saturated carbocycles. The topological polar surface area (TPSA) is 66.8 Å². The number of phosphoric acid groups is 1. The van der Waals surface area contributed by atoms with Gasteiger partial charge < -0.3 is 4.52 Å². The van der Waals surface area contributed by atoms with Crippen LogP contribution in [0.25, 0.3) is 0 Å². The van der Waals surface area contributed by atoms with Crippen LogP contribution in [0, 0.1) is 6.92 Å². The van der Waals surface area contributed by atoms with Crippen molar-refractivity contribution in [1.29, 1.82) is 0 Å². The normalized spacial score (nSPS) is 12.6. The van der Waals surface area contributed by atoms with Gasteiger partial charge in [-0.05, 0) is 29.5 Å². The predicted octanol–water partition coefficient (Wildman–Crippen LogP) is 2.76. The van der Waals surface area contributed by atoms with Crippen molar-refractivity contribution in [3.63, 3.8) is 0 Å². The van der Waals surface area contributed by atoms with Gasteiger partial charge in [-0.2, -0.15) is 0 Å². The highest BCUT2D eigenvalue weighted by Gasteiger charge is 2.20. The third kappa shape index (κ3) is 3.63. The van der Waals surface area contributed by atoms with E-state index in [0.29, 0.717) is 5.56 Å². The standard InChI is InChI=1S/C11H17O4P/c1-8-5-6-9(11(2,3)4)7-10(8)15-16(12,13)14/h5-7H,1-4H3,(H2,12,13,14). The summed E-state index contributed by atoms with van der Waals surface area (Å²) in [6, 6.07) is 5.40. The molecule has 0 saturated heterocycles. The Morgan fingerprint density at radius 3 is 2.25 bits per heavy atom. The molecule has 0 aliphatic carbocycles. The Balaban J connectivity index is 3.15. The van der Waals surface area contributed by atoms with Gasteiger partial charge in [0.05, 0.1) is 0 Å². The lowest BCUT2D eigenvalue weighted by Crippen LogP contribution is -2.11. The summed E-state index contributed by atoms with van der Waals surface area (Å²) in [6.07, 6.45) is 0. The van der Waals surface area contributed by atoms with E-state index in [1.807, 2.05) is 26.8 Å². The first-order valence-corrected chi connectivity index (χ1v) is 6.49. The lowest BCUT2D eigenvalue weighted by molar-refractivity contribution is 0.282. The molecule has 0 fully saturated rings. The van der Waals surface area contributed by atoms with Crippen molar-refractivity contribution >= 4 is 7.82 Å². The molecule has 16 heavy (non-hydrogen) atoms. The molecule has 0 spiro atoms. The van der Waals surface area contributed by atoms with Crippen molar-refractivity contribution < 1.29 is 18.9 Å². The van der Waals surface area contributed by atoms with Gasteiger partial charge in [-0.3, -0.25) is 9.79 Å². The number of rotatable bonds is 2. The van der Waals surface area contributed by atoms with Crippen LogP contribution in [-0.4, -0.2) is 9.79 Å². The van der Waals surface area contributed by atoms with Gasteiger partial charge in [0.15, 0.2) is 0 Å². The van der Waals surface area contributed by atoms with Crippen LogP contribution in [0.4, 0.5) is 0 Å². The van der Waals surface area contributed by atoms with Crippen molar-refractivity contribution in [2.45, 2.75) is 33.1 Å². The van der Waals surface area contributed by atoms with Crippen LogP contribution < -0.4 is 4.52 Å². The highest BCUT2D eigenvalue weighted by molar-refractivity contribution is 7.46. The predicted molar refractivity (Wildman–Crippen MR) is 62.6 cm³/mol. The Morgan fingerprint density at radius 1 is 1.25 bits per heavy atom. The molecule has 1 aromatic carbocycles. The minimum absolute atomic E-state index is 0.0826. The minimum atomic E-state index is -4.49. The van der Waals surface area contributed by atoms with E-state index in [1.165, 1.54) is 0 Å². The van der Waals surface area contributed by atoms with Crippen LogP contribution in [0.15, 0.2) is 18.2 Å². The van der Waals surface area contributed by atoms with Gasteiger partial charge in [-0.1, -0.05) is 32.9 Å². The Bertz CT molecular complexity index is 428. The van der Waals surface area contributed by atoms with E-state index >= 15 is 0 Å². The van der Waals surface area contributed by atoms with Crippen LogP contribution in [0.5, 0.6) is 5.75 Å². The molecule has 0 amide bonds. The maximum atomic E-state index is 10.8. The molecule has 1 rings (SSSR count). The van der Waals surface area contributed by atoms with Gasteiger partial charge in [-0.25, -0.2) is 4.57 Å². The second-order valence-electron chi connectivity index (χ2n) is 4.81. The molecule has 0 aliphatic heterocycles. The van der Waals surface area contributed by atoms with E-state index in [-0.39, 0.29) is 11.2 Å². The first kappa shape index (κ1) is 13.2. The summed E-state index contributed by atoms with van der Waals surface area (Å²) in [5, 5.41) is 0. The molecule has 0 aromatic heterocycles. The fourth-order valence-electron chi connectivity index (χ4n) is 1.29. The Kier molecular flexibility index (Phi) is 3.48. The fourth-order valence-corrected chi connectivity index (χ4v) is 1.75. The van der Waals surface area contributed by atoms with Gasteiger partial charge in [-0.15, -0.1) is 0 Å². The largest absolute Gasteiger partial charge is 0.524 e. The van der Waals surface area contributed by atoms with Gasteiger partial charge in [0, 0.05) is 0 Å². The SMILES string of the molecule is Cc1ccc(C(C)(C)C)cc1OP(=O)(O)O. The molecule has 0 unspecified atom stereocenters. The monoisotopic (exact) mass is 244 g/mol. The molecule has 0 heterocycles. The zero-order chi connectivity index (χ0) is 12.6. The highest BCUT2D eigenvalue weighted by atomic mass is 31.2. The van der Waals surface area contributed by atoms with Crippen molar-refractivity contribution in [3.05, 3.63) is 29.3 Å². The minimum Gasteiger partial charge on any atom is -0.404 e. The number of benzene rings is 1. The van der Waals surface area contributed by atoms with Crippen molar-refractivity contribution in [3.8, 4) is 5.75 Å². The van der Waals surface area contributed by atoms with E-state index in [4.69, 9.17) is 9.79 Å². The Morgan fingerprint density at radius 2 is 1.81 bits per heavy atom. The first-order chi connectivity index (χ1) is 7.09. The molecule has 5 heteroatoms. The quantitative estimate of drug-likeness (QED) is 0.785. The number of hydrogen-bond acceptors (Lipinski definition) is 2. The van der Waals surface area contributed by atoms with Crippen LogP contribution in [0.2, 0.25) is 0 Å². The zero-order valence-electron chi connectivity index (χ0n) is 9.89. The maximum absolute atomic E-state index is 10.8. The summed E-state index contributed by atoms with van der Waals surface area (Å²) in [4.78, 5) is 17.6. The van der Waals surface area contributed by atoms with Gasteiger partial charge in [0.25, 0.3) is 0 Å². The smallest absolute Gasteiger partial charge is 0.404 e. The van der Waals surface area contributed by atoms with E-state index in [1.54, 1.807) is 19.1 Å². The van der Waals surface area contributed by atoms with Crippen LogP contribution in [0.1, 0.15) is 31.9 Å². The highest BCUT2D eigenvalue weighted by Crippen LogP contribution is 2.40. The molecule has 2 N–H and O–H groups in total. The van der Waals surface area contributed by atoms with Crippen LogP contribution in [0.3, 0.4) is 0 Å². The Labute approximate surface area is 95.5 Å². The average molecular weight is 244 g/mol. The second-order valence-corrected chi connectivity index (χ2v) is 5.98. The lowest BCUT2D eigenvalue weighted by Gasteiger charge is -2.20. The molecule has 1 aromatic rings. The van der Waals surface area contributed by atoms with E-state index in [2.05, 4.69) is 4.52 Å². The fraction of sp³-hybridized carbons (Fsp3) is 0.455. The number of aryl methyl sites for hydroxylation is 1. The zero-order valence-corrected chi connectivity index (χ0v) is 10.8. The van der Waals surface area contributed by atoms with Crippen LogP contribution in [-0.2, 0) is 9.98 Å². The molecule has 0 radical (unpaired) electrons.